The van der Waals surface area contributed by atoms with Crippen molar-refractivity contribution in [3.05, 3.63) is 33.8 Å². The molecular weight excluding hydrogens is 275 g/mol. The minimum absolute atomic E-state index is 0.111. The zero-order valence-corrected chi connectivity index (χ0v) is 11.2. The van der Waals surface area contributed by atoms with Crippen molar-refractivity contribution in [3.63, 3.8) is 0 Å². The maximum absolute atomic E-state index is 12.3. The van der Waals surface area contributed by atoms with Gasteiger partial charge in [0, 0.05) is 19.6 Å². The van der Waals surface area contributed by atoms with E-state index in [0.29, 0.717) is 41.8 Å². The van der Waals surface area contributed by atoms with Gasteiger partial charge < -0.3 is 15.4 Å². The monoisotopic (exact) mass is 288 g/mol. The molecule has 4 nitrogen and oxygen atoms in total. The molecule has 2 N–H and O–H groups in total. The van der Waals surface area contributed by atoms with E-state index in [4.69, 9.17) is 33.7 Å². The van der Waals surface area contributed by atoms with E-state index >= 15 is 0 Å². The van der Waals surface area contributed by atoms with Gasteiger partial charge in [-0.2, -0.15) is 0 Å². The van der Waals surface area contributed by atoms with E-state index in [1.54, 1.807) is 23.1 Å². The van der Waals surface area contributed by atoms with E-state index in [-0.39, 0.29) is 12.0 Å². The molecular formula is C12H14Cl2N2O2. The molecule has 0 spiro atoms. The molecule has 1 aliphatic rings. The first-order chi connectivity index (χ1) is 8.63. The lowest BCUT2D eigenvalue weighted by atomic mass is 10.1. The Bertz CT molecular complexity index is 454. The number of hydrogen-bond donors (Lipinski definition) is 1. The number of carbonyl (C=O) groups excluding carboxylic acids is 1. The van der Waals surface area contributed by atoms with Gasteiger partial charge >= 0.3 is 0 Å². The smallest absolute Gasteiger partial charge is 0.255 e. The van der Waals surface area contributed by atoms with Gasteiger partial charge in [-0.1, -0.05) is 29.3 Å². The Morgan fingerprint density at radius 1 is 1.50 bits per heavy atom. The van der Waals surface area contributed by atoms with Crippen LogP contribution in [-0.2, 0) is 4.74 Å². The molecule has 1 aromatic rings. The van der Waals surface area contributed by atoms with Crippen molar-refractivity contribution < 1.29 is 9.53 Å². The van der Waals surface area contributed by atoms with E-state index in [0.717, 1.165) is 0 Å². The van der Waals surface area contributed by atoms with Crippen molar-refractivity contribution in [2.45, 2.75) is 6.10 Å². The molecule has 98 valence electrons. The minimum Gasteiger partial charge on any atom is -0.373 e. The van der Waals surface area contributed by atoms with Gasteiger partial charge in [-0.3, -0.25) is 4.79 Å². The van der Waals surface area contributed by atoms with Crippen molar-refractivity contribution in [3.8, 4) is 0 Å². The second kappa shape index (κ2) is 5.89. The molecule has 1 heterocycles. The van der Waals surface area contributed by atoms with Crippen LogP contribution in [-0.4, -0.2) is 43.2 Å². The first-order valence-electron chi connectivity index (χ1n) is 5.68. The summed E-state index contributed by atoms with van der Waals surface area (Å²) in [4.78, 5) is 14.0. The summed E-state index contributed by atoms with van der Waals surface area (Å²) >= 11 is 11.9. The Labute approximate surface area is 116 Å². The van der Waals surface area contributed by atoms with Crippen molar-refractivity contribution in [2.75, 3.05) is 26.2 Å². The summed E-state index contributed by atoms with van der Waals surface area (Å²) in [5, 5.41) is 0.672. The van der Waals surface area contributed by atoms with Gasteiger partial charge in [-0.15, -0.1) is 0 Å². The number of hydrogen-bond acceptors (Lipinski definition) is 3. The minimum atomic E-state index is -0.135. The van der Waals surface area contributed by atoms with Gasteiger partial charge in [0.15, 0.2) is 0 Å². The van der Waals surface area contributed by atoms with E-state index in [2.05, 4.69) is 0 Å². The average Bonchev–Trinajstić information content (AvgIpc) is 2.41. The van der Waals surface area contributed by atoms with Crippen LogP contribution < -0.4 is 5.73 Å². The van der Waals surface area contributed by atoms with E-state index < -0.39 is 0 Å². The summed E-state index contributed by atoms with van der Waals surface area (Å²) in [7, 11) is 0. The Hall–Kier alpha value is -0.810. The van der Waals surface area contributed by atoms with Gasteiger partial charge in [0.25, 0.3) is 5.91 Å². The summed E-state index contributed by atoms with van der Waals surface area (Å²) in [5.41, 5.74) is 5.97. The molecule has 0 aliphatic carbocycles. The molecule has 0 bridgehead atoms. The number of morpholine rings is 1. The highest BCUT2D eigenvalue weighted by atomic mass is 35.5. The summed E-state index contributed by atoms with van der Waals surface area (Å²) < 4.78 is 5.42. The number of ether oxygens (including phenoxy) is 1. The van der Waals surface area contributed by atoms with Crippen LogP contribution in [0.4, 0.5) is 0 Å². The van der Waals surface area contributed by atoms with Crippen molar-refractivity contribution in [1.29, 1.82) is 0 Å². The lowest BCUT2D eigenvalue weighted by Crippen LogP contribution is -2.48. The summed E-state index contributed by atoms with van der Waals surface area (Å²) in [6.07, 6.45) is -0.111. The Kier molecular flexibility index (Phi) is 4.45. The molecule has 2 rings (SSSR count). The fourth-order valence-corrected chi connectivity index (χ4v) is 2.27. The predicted molar refractivity (Wildman–Crippen MR) is 71.2 cm³/mol. The van der Waals surface area contributed by atoms with Crippen molar-refractivity contribution in [1.82, 2.24) is 4.90 Å². The predicted octanol–water partition coefficient (Wildman–Crippen LogP) is 1.79. The van der Waals surface area contributed by atoms with Crippen LogP contribution in [0.25, 0.3) is 0 Å². The Morgan fingerprint density at radius 3 is 3.00 bits per heavy atom. The van der Waals surface area contributed by atoms with Gasteiger partial charge in [-0.05, 0) is 12.1 Å². The fraction of sp³-hybridized carbons (Fsp3) is 0.417. The first-order valence-corrected chi connectivity index (χ1v) is 6.44. The Morgan fingerprint density at radius 2 is 2.28 bits per heavy atom. The molecule has 0 saturated carbocycles. The van der Waals surface area contributed by atoms with Gasteiger partial charge in [0.05, 0.1) is 28.3 Å². The molecule has 1 aliphatic heterocycles. The van der Waals surface area contributed by atoms with Gasteiger partial charge in [0.1, 0.15) is 0 Å². The maximum atomic E-state index is 12.3. The summed E-state index contributed by atoms with van der Waals surface area (Å²) in [6.45, 7) is 1.91. The van der Waals surface area contributed by atoms with Crippen LogP contribution in [0.1, 0.15) is 10.4 Å². The van der Waals surface area contributed by atoms with E-state index in [1.165, 1.54) is 0 Å². The number of benzene rings is 1. The molecule has 0 radical (unpaired) electrons. The van der Waals surface area contributed by atoms with E-state index in [9.17, 15) is 4.79 Å². The van der Waals surface area contributed by atoms with Crippen LogP contribution in [0.3, 0.4) is 0 Å². The molecule has 0 aromatic heterocycles. The van der Waals surface area contributed by atoms with E-state index in [1.807, 2.05) is 0 Å². The first kappa shape index (κ1) is 13.6. The molecule has 1 aromatic carbocycles. The maximum Gasteiger partial charge on any atom is 0.255 e. The molecule has 1 amide bonds. The highest BCUT2D eigenvalue weighted by Crippen LogP contribution is 2.26. The SMILES string of the molecule is NCC1CN(C(=O)c2cccc(Cl)c2Cl)CCO1. The lowest BCUT2D eigenvalue weighted by molar-refractivity contribution is -0.0167. The van der Waals surface area contributed by atoms with Crippen molar-refractivity contribution >= 4 is 29.1 Å². The second-order valence-electron chi connectivity index (χ2n) is 4.08. The average molecular weight is 289 g/mol. The van der Waals surface area contributed by atoms with Gasteiger partial charge in [0.2, 0.25) is 0 Å². The molecule has 6 heteroatoms. The van der Waals surface area contributed by atoms with Crippen LogP contribution in [0.2, 0.25) is 10.0 Å². The zero-order valence-electron chi connectivity index (χ0n) is 9.73. The number of rotatable bonds is 2. The molecule has 1 unspecified atom stereocenters. The second-order valence-corrected chi connectivity index (χ2v) is 4.87. The normalized spacial score (nSPS) is 19.9. The number of nitrogens with two attached hydrogens (primary N) is 1. The highest BCUT2D eigenvalue weighted by molar-refractivity contribution is 6.43. The zero-order chi connectivity index (χ0) is 13.1. The summed E-state index contributed by atoms with van der Waals surface area (Å²) in [5.74, 6) is -0.135. The largest absolute Gasteiger partial charge is 0.373 e. The topological polar surface area (TPSA) is 55.6 Å². The number of amides is 1. The molecule has 18 heavy (non-hydrogen) atoms. The fourth-order valence-electron chi connectivity index (χ4n) is 1.89. The summed E-state index contributed by atoms with van der Waals surface area (Å²) in [6, 6.07) is 5.04. The van der Waals surface area contributed by atoms with Crippen LogP contribution in [0.5, 0.6) is 0 Å². The quantitative estimate of drug-likeness (QED) is 0.903. The standard InChI is InChI=1S/C12H14Cl2N2O2/c13-10-3-1-2-9(11(10)14)12(17)16-4-5-18-8(6-15)7-16/h1-3,8H,4-7,15H2. The number of nitrogens with zero attached hydrogens (tertiary/aromatic N) is 1. The van der Waals surface area contributed by atoms with Gasteiger partial charge in [-0.25, -0.2) is 0 Å². The molecule has 1 atom stereocenters. The molecule has 1 saturated heterocycles. The lowest BCUT2D eigenvalue weighted by Gasteiger charge is -2.32. The molecule has 1 fully saturated rings. The van der Waals surface area contributed by atoms with Crippen LogP contribution >= 0.6 is 23.2 Å². The third-order valence-electron chi connectivity index (χ3n) is 2.87. The third-order valence-corrected chi connectivity index (χ3v) is 3.69. The van der Waals surface area contributed by atoms with Crippen LogP contribution in [0.15, 0.2) is 18.2 Å². The third kappa shape index (κ3) is 2.78. The number of halogens is 2. The van der Waals surface area contributed by atoms with Crippen molar-refractivity contribution in [2.24, 2.45) is 5.73 Å². The highest BCUT2D eigenvalue weighted by Gasteiger charge is 2.25. The number of carbonyl (C=O) groups is 1. The Balaban J connectivity index is 2.18. The van der Waals surface area contributed by atoms with Crippen LogP contribution in [0, 0.1) is 0 Å².